The van der Waals surface area contributed by atoms with Crippen molar-refractivity contribution in [1.29, 1.82) is 0 Å². The number of hydrogen-bond acceptors (Lipinski definition) is 7. The first-order valence-corrected chi connectivity index (χ1v) is 7.51. The SMILES string of the molecule is CCc1nsc(N2CCO[C@H](CN(C)CC(N)=O)C2)n1. The Morgan fingerprint density at radius 1 is 1.65 bits per heavy atom. The van der Waals surface area contributed by atoms with Gasteiger partial charge in [0, 0.05) is 37.6 Å². The Labute approximate surface area is 122 Å². The lowest BCUT2D eigenvalue weighted by Gasteiger charge is -2.34. The van der Waals surface area contributed by atoms with E-state index in [9.17, 15) is 4.79 Å². The van der Waals surface area contributed by atoms with E-state index in [1.165, 1.54) is 11.5 Å². The van der Waals surface area contributed by atoms with Crippen LogP contribution in [0.3, 0.4) is 0 Å². The zero-order chi connectivity index (χ0) is 14.5. The van der Waals surface area contributed by atoms with E-state index in [0.29, 0.717) is 13.2 Å². The van der Waals surface area contributed by atoms with Crippen molar-refractivity contribution in [2.24, 2.45) is 5.73 Å². The third-order valence-corrected chi connectivity index (χ3v) is 3.94. The Morgan fingerprint density at radius 2 is 2.45 bits per heavy atom. The molecule has 112 valence electrons. The molecule has 8 heteroatoms. The summed E-state index contributed by atoms with van der Waals surface area (Å²) in [6.07, 6.45) is 0.910. The Balaban J connectivity index is 1.89. The van der Waals surface area contributed by atoms with E-state index in [4.69, 9.17) is 10.5 Å². The van der Waals surface area contributed by atoms with E-state index in [1.54, 1.807) is 0 Å². The lowest BCUT2D eigenvalue weighted by atomic mass is 10.2. The molecule has 1 aromatic rings. The molecule has 0 aliphatic carbocycles. The van der Waals surface area contributed by atoms with Gasteiger partial charge in [-0.25, -0.2) is 4.98 Å². The largest absolute Gasteiger partial charge is 0.373 e. The number of likely N-dealkylation sites (N-methyl/N-ethyl adjacent to an activating group) is 1. The molecule has 1 aliphatic rings. The predicted octanol–water partition coefficient (Wildman–Crippen LogP) is -0.277. The molecule has 0 radical (unpaired) electrons. The first-order valence-electron chi connectivity index (χ1n) is 6.74. The lowest BCUT2D eigenvalue weighted by Crippen LogP contribution is -2.48. The van der Waals surface area contributed by atoms with Gasteiger partial charge in [0.1, 0.15) is 5.82 Å². The number of rotatable bonds is 6. The van der Waals surface area contributed by atoms with Crippen molar-refractivity contribution in [2.75, 3.05) is 44.7 Å². The van der Waals surface area contributed by atoms with Crippen LogP contribution in [-0.2, 0) is 16.0 Å². The summed E-state index contributed by atoms with van der Waals surface area (Å²) >= 11 is 1.43. The van der Waals surface area contributed by atoms with Crippen molar-refractivity contribution in [1.82, 2.24) is 14.3 Å². The molecule has 0 bridgehead atoms. The highest BCUT2D eigenvalue weighted by molar-refractivity contribution is 7.09. The number of aromatic nitrogens is 2. The Bertz CT molecular complexity index is 453. The van der Waals surface area contributed by atoms with Gasteiger partial charge in [0.05, 0.1) is 19.3 Å². The normalized spacial score (nSPS) is 19.6. The third kappa shape index (κ3) is 4.12. The molecule has 2 heterocycles. The van der Waals surface area contributed by atoms with Gasteiger partial charge in [-0.05, 0) is 7.05 Å². The van der Waals surface area contributed by atoms with E-state index in [1.807, 2.05) is 18.9 Å². The number of nitrogens with zero attached hydrogens (tertiary/aromatic N) is 4. The van der Waals surface area contributed by atoms with Gasteiger partial charge in [0.25, 0.3) is 0 Å². The summed E-state index contributed by atoms with van der Waals surface area (Å²) in [6.45, 7) is 5.23. The molecular formula is C12H21N5O2S. The number of hydrogen-bond donors (Lipinski definition) is 1. The molecule has 2 N–H and O–H groups in total. The zero-order valence-corrected chi connectivity index (χ0v) is 12.7. The summed E-state index contributed by atoms with van der Waals surface area (Å²) in [7, 11) is 1.87. The second-order valence-corrected chi connectivity index (χ2v) is 5.68. The molecular weight excluding hydrogens is 278 g/mol. The Kier molecular flexibility index (Phi) is 5.27. The lowest BCUT2D eigenvalue weighted by molar-refractivity contribution is -0.119. The maximum absolute atomic E-state index is 10.9. The fraction of sp³-hybridized carbons (Fsp3) is 0.750. The van der Waals surface area contributed by atoms with Crippen molar-refractivity contribution in [3.05, 3.63) is 5.82 Å². The summed E-state index contributed by atoms with van der Waals surface area (Å²) in [5.41, 5.74) is 5.19. The van der Waals surface area contributed by atoms with Crippen LogP contribution >= 0.6 is 11.5 Å². The number of aryl methyl sites for hydroxylation is 1. The van der Waals surface area contributed by atoms with Gasteiger partial charge in [-0.15, -0.1) is 0 Å². The van der Waals surface area contributed by atoms with Crippen molar-refractivity contribution in [3.63, 3.8) is 0 Å². The van der Waals surface area contributed by atoms with Gasteiger partial charge in [0.2, 0.25) is 11.0 Å². The number of carbonyl (C=O) groups is 1. The van der Waals surface area contributed by atoms with Gasteiger partial charge < -0.3 is 15.4 Å². The van der Waals surface area contributed by atoms with Crippen LogP contribution in [0.5, 0.6) is 0 Å². The van der Waals surface area contributed by atoms with E-state index in [0.717, 1.165) is 30.5 Å². The smallest absolute Gasteiger partial charge is 0.231 e. The molecule has 20 heavy (non-hydrogen) atoms. The number of morpholine rings is 1. The maximum Gasteiger partial charge on any atom is 0.231 e. The summed E-state index contributed by atoms with van der Waals surface area (Å²) in [4.78, 5) is 19.5. The zero-order valence-electron chi connectivity index (χ0n) is 11.9. The second kappa shape index (κ2) is 6.96. The quantitative estimate of drug-likeness (QED) is 0.778. The first-order chi connectivity index (χ1) is 9.58. The van der Waals surface area contributed by atoms with Crippen LogP contribution in [0, 0.1) is 0 Å². The Hall–Kier alpha value is -1.25. The van der Waals surface area contributed by atoms with Crippen molar-refractivity contribution in [3.8, 4) is 0 Å². The molecule has 0 unspecified atom stereocenters. The Morgan fingerprint density at radius 3 is 3.10 bits per heavy atom. The van der Waals surface area contributed by atoms with Crippen molar-refractivity contribution < 1.29 is 9.53 Å². The molecule has 0 spiro atoms. The van der Waals surface area contributed by atoms with Crippen molar-refractivity contribution >= 4 is 22.6 Å². The molecule has 1 fully saturated rings. The van der Waals surface area contributed by atoms with Crippen LogP contribution in [0.1, 0.15) is 12.7 Å². The minimum absolute atomic E-state index is 0.0575. The van der Waals surface area contributed by atoms with Gasteiger partial charge >= 0.3 is 0 Å². The van der Waals surface area contributed by atoms with Gasteiger partial charge in [-0.3, -0.25) is 9.69 Å². The third-order valence-electron chi connectivity index (χ3n) is 3.12. The van der Waals surface area contributed by atoms with Gasteiger partial charge in [-0.1, -0.05) is 6.92 Å². The predicted molar refractivity (Wildman–Crippen MR) is 77.9 cm³/mol. The maximum atomic E-state index is 10.9. The minimum Gasteiger partial charge on any atom is -0.373 e. The van der Waals surface area contributed by atoms with Crippen LogP contribution in [0.15, 0.2) is 0 Å². The number of carbonyl (C=O) groups excluding carboxylic acids is 1. The molecule has 1 aliphatic heterocycles. The molecule has 1 atom stereocenters. The summed E-state index contributed by atoms with van der Waals surface area (Å²) in [5.74, 6) is 0.566. The van der Waals surface area contributed by atoms with Crippen LogP contribution < -0.4 is 10.6 Å². The second-order valence-electron chi connectivity index (χ2n) is 4.95. The van der Waals surface area contributed by atoms with Gasteiger partial charge in [0.15, 0.2) is 0 Å². The summed E-state index contributed by atoms with van der Waals surface area (Å²) < 4.78 is 10.0. The molecule has 0 aromatic carbocycles. The number of nitrogens with two attached hydrogens (primary N) is 1. The average molecular weight is 299 g/mol. The van der Waals surface area contributed by atoms with Crippen molar-refractivity contribution in [2.45, 2.75) is 19.4 Å². The van der Waals surface area contributed by atoms with E-state index in [-0.39, 0.29) is 18.6 Å². The average Bonchev–Trinajstić information content (AvgIpc) is 2.86. The van der Waals surface area contributed by atoms with Crippen LogP contribution in [0.25, 0.3) is 0 Å². The fourth-order valence-corrected chi connectivity index (χ4v) is 2.98. The summed E-state index contributed by atoms with van der Waals surface area (Å²) in [5, 5.41) is 0.952. The van der Waals surface area contributed by atoms with Gasteiger partial charge in [-0.2, -0.15) is 4.37 Å². The van der Waals surface area contributed by atoms with E-state index < -0.39 is 0 Å². The van der Waals surface area contributed by atoms with Crippen LogP contribution in [0.4, 0.5) is 5.13 Å². The molecule has 1 amide bonds. The monoisotopic (exact) mass is 299 g/mol. The highest BCUT2D eigenvalue weighted by Gasteiger charge is 2.24. The molecule has 2 rings (SSSR count). The highest BCUT2D eigenvalue weighted by Crippen LogP contribution is 2.20. The molecule has 7 nitrogen and oxygen atoms in total. The summed E-state index contributed by atoms with van der Waals surface area (Å²) in [6, 6.07) is 0. The molecule has 1 aromatic heterocycles. The molecule has 0 saturated carbocycles. The van der Waals surface area contributed by atoms with E-state index in [2.05, 4.69) is 14.3 Å². The highest BCUT2D eigenvalue weighted by atomic mass is 32.1. The van der Waals surface area contributed by atoms with Crippen LogP contribution in [-0.4, -0.2) is 66.1 Å². The molecule has 1 saturated heterocycles. The number of ether oxygens (including phenoxy) is 1. The standard InChI is InChI=1S/C12H21N5O2S/c1-3-11-14-12(20-15-11)17-4-5-19-9(7-17)6-16(2)8-10(13)18/h9H,3-8H2,1-2H3,(H2,13,18)/t9-/m1/s1. The van der Waals surface area contributed by atoms with Crippen LogP contribution in [0.2, 0.25) is 0 Å². The number of amides is 1. The van der Waals surface area contributed by atoms with E-state index >= 15 is 0 Å². The number of primary amides is 1. The fourth-order valence-electron chi connectivity index (χ4n) is 2.20. The number of anilines is 1. The topological polar surface area (TPSA) is 84.6 Å². The first kappa shape index (κ1) is 15.1. The minimum atomic E-state index is -0.322.